The second-order valence-electron chi connectivity index (χ2n) is 3.98. The fourth-order valence-corrected chi connectivity index (χ4v) is 1.88. The number of hydrogen-bond acceptors (Lipinski definition) is 3. The van der Waals surface area contributed by atoms with Gasteiger partial charge in [-0.05, 0) is 12.1 Å². The summed E-state index contributed by atoms with van der Waals surface area (Å²) >= 11 is 0. The Hall–Kier alpha value is -2.93. The number of nitriles is 1. The molecule has 3 rings (SSSR count). The topological polar surface area (TPSA) is 54.5 Å². The third-order valence-corrected chi connectivity index (χ3v) is 2.74. The first-order valence-corrected chi connectivity index (χ1v) is 5.86. The van der Waals surface area contributed by atoms with E-state index in [0.29, 0.717) is 5.82 Å². The summed E-state index contributed by atoms with van der Waals surface area (Å²) < 4.78 is 1.69. The predicted molar refractivity (Wildman–Crippen MR) is 71.5 cm³/mol. The van der Waals surface area contributed by atoms with Crippen LogP contribution in [-0.4, -0.2) is 14.8 Å². The highest BCUT2D eigenvalue weighted by Crippen LogP contribution is 2.20. The number of nitrogens with zero attached hydrogens (tertiary/aromatic N) is 4. The van der Waals surface area contributed by atoms with Gasteiger partial charge in [0.1, 0.15) is 6.07 Å². The third-order valence-electron chi connectivity index (χ3n) is 2.74. The molecule has 0 amide bonds. The van der Waals surface area contributed by atoms with E-state index in [0.717, 1.165) is 11.3 Å². The molecule has 0 unspecified atom stereocenters. The Morgan fingerprint density at radius 1 is 0.895 bits per heavy atom. The molecule has 19 heavy (non-hydrogen) atoms. The third kappa shape index (κ3) is 2.09. The summed E-state index contributed by atoms with van der Waals surface area (Å²) in [5.41, 5.74) is 1.82. The van der Waals surface area contributed by atoms with E-state index in [1.54, 1.807) is 4.68 Å². The van der Waals surface area contributed by atoms with Gasteiger partial charge in [0.05, 0.1) is 5.69 Å². The predicted octanol–water partition coefficient (Wildman–Crippen LogP) is 2.81. The highest BCUT2D eigenvalue weighted by molar-refractivity contribution is 5.58. The van der Waals surface area contributed by atoms with Gasteiger partial charge in [-0.2, -0.15) is 10.2 Å². The molecule has 0 aliphatic heterocycles. The Bertz CT molecular complexity index is 667. The summed E-state index contributed by atoms with van der Waals surface area (Å²) in [5, 5.41) is 13.2. The number of aromatic nitrogens is 3. The zero-order valence-corrected chi connectivity index (χ0v) is 10.1. The average molecular weight is 246 g/mol. The molecule has 1 aromatic heterocycles. The zero-order chi connectivity index (χ0) is 13.1. The molecule has 0 aliphatic rings. The molecule has 0 saturated heterocycles. The van der Waals surface area contributed by atoms with Crippen molar-refractivity contribution in [1.82, 2.24) is 14.8 Å². The highest BCUT2D eigenvalue weighted by atomic mass is 15.3. The van der Waals surface area contributed by atoms with Crippen LogP contribution in [0.3, 0.4) is 0 Å². The van der Waals surface area contributed by atoms with Crippen molar-refractivity contribution in [1.29, 1.82) is 5.26 Å². The number of hydrogen-bond donors (Lipinski definition) is 0. The van der Waals surface area contributed by atoms with Crippen LogP contribution in [0.5, 0.6) is 0 Å². The van der Waals surface area contributed by atoms with E-state index in [4.69, 9.17) is 5.26 Å². The largest absolute Gasteiger partial charge is 0.253 e. The number of rotatable bonds is 2. The van der Waals surface area contributed by atoms with Gasteiger partial charge in [0, 0.05) is 5.56 Å². The second kappa shape index (κ2) is 4.75. The summed E-state index contributed by atoms with van der Waals surface area (Å²) in [5.74, 6) is 0.839. The molecule has 4 nitrogen and oxygen atoms in total. The van der Waals surface area contributed by atoms with Crippen LogP contribution >= 0.6 is 0 Å². The highest BCUT2D eigenvalue weighted by Gasteiger charge is 2.12. The quantitative estimate of drug-likeness (QED) is 0.698. The van der Waals surface area contributed by atoms with Crippen molar-refractivity contribution in [3.63, 3.8) is 0 Å². The minimum Gasteiger partial charge on any atom is -0.212 e. The molecule has 1 heterocycles. The number of benzene rings is 2. The summed E-state index contributed by atoms with van der Waals surface area (Å²) in [6.07, 6.45) is 0. The molecule has 90 valence electrons. The number of para-hydroxylation sites is 1. The lowest BCUT2D eigenvalue weighted by Gasteiger charge is -2.05. The summed E-state index contributed by atoms with van der Waals surface area (Å²) in [6, 6.07) is 21.4. The molecule has 3 aromatic rings. The maximum absolute atomic E-state index is 8.98. The zero-order valence-electron chi connectivity index (χ0n) is 10.1. The lowest BCUT2D eigenvalue weighted by molar-refractivity contribution is 0.880. The molecule has 2 aromatic carbocycles. The van der Waals surface area contributed by atoms with Gasteiger partial charge in [-0.1, -0.05) is 48.5 Å². The maximum Gasteiger partial charge on any atom is 0.253 e. The Morgan fingerprint density at radius 2 is 1.53 bits per heavy atom. The Morgan fingerprint density at radius 3 is 2.16 bits per heavy atom. The van der Waals surface area contributed by atoms with E-state index in [-0.39, 0.29) is 5.82 Å². The fraction of sp³-hybridized carbons (Fsp3) is 0. The molecule has 0 spiro atoms. The second-order valence-corrected chi connectivity index (χ2v) is 3.98. The van der Waals surface area contributed by atoms with E-state index in [1.807, 2.05) is 66.7 Å². The molecule has 0 aliphatic carbocycles. The Kier molecular flexibility index (Phi) is 2.79. The van der Waals surface area contributed by atoms with Crippen molar-refractivity contribution < 1.29 is 0 Å². The molecular formula is C15H10N4. The lowest BCUT2D eigenvalue weighted by Crippen LogP contribution is -1.99. The van der Waals surface area contributed by atoms with Crippen LogP contribution < -0.4 is 0 Å². The van der Waals surface area contributed by atoms with Crippen molar-refractivity contribution in [2.75, 3.05) is 0 Å². The monoisotopic (exact) mass is 246 g/mol. The van der Waals surface area contributed by atoms with Gasteiger partial charge in [-0.25, -0.2) is 4.68 Å². The van der Waals surface area contributed by atoms with Crippen LogP contribution in [0.25, 0.3) is 17.1 Å². The standard InChI is InChI=1S/C15H10N4/c16-11-14-17-15(12-7-3-1-4-8-12)19(18-14)13-9-5-2-6-10-13/h1-10H. The Balaban J connectivity index is 2.20. The maximum atomic E-state index is 8.98. The molecule has 0 bridgehead atoms. The van der Waals surface area contributed by atoms with Crippen LogP contribution in [0, 0.1) is 11.3 Å². The normalized spacial score (nSPS) is 10.1. The average Bonchev–Trinajstić information content (AvgIpc) is 2.93. The minimum atomic E-state index is 0.169. The van der Waals surface area contributed by atoms with E-state index in [2.05, 4.69) is 10.1 Å². The van der Waals surface area contributed by atoms with Crippen LogP contribution in [0.4, 0.5) is 0 Å². The first-order valence-electron chi connectivity index (χ1n) is 5.86. The molecule has 4 heteroatoms. The van der Waals surface area contributed by atoms with Gasteiger partial charge < -0.3 is 0 Å². The summed E-state index contributed by atoms with van der Waals surface area (Å²) in [6.45, 7) is 0. The lowest BCUT2D eigenvalue weighted by atomic mass is 10.2. The van der Waals surface area contributed by atoms with Crippen LogP contribution in [0.1, 0.15) is 5.82 Å². The van der Waals surface area contributed by atoms with Crippen molar-refractivity contribution in [2.45, 2.75) is 0 Å². The first-order chi connectivity index (χ1) is 9.38. The smallest absolute Gasteiger partial charge is 0.212 e. The molecule has 0 atom stereocenters. The van der Waals surface area contributed by atoms with Crippen LogP contribution in [0.15, 0.2) is 60.7 Å². The van der Waals surface area contributed by atoms with E-state index in [9.17, 15) is 0 Å². The van der Waals surface area contributed by atoms with Crippen molar-refractivity contribution in [2.24, 2.45) is 0 Å². The summed E-state index contributed by atoms with van der Waals surface area (Å²) in [4.78, 5) is 4.27. The van der Waals surface area contributed by atoms with Crippen molar-refractivity contribution in [3.8, 4) is 23.1 Å². The van der Waals surface area contributed by atoms with Gasteiger partial charge in [0.15, 0.2) is 5.82 Å². The first kappa shape index (κ1) is 11.2. The van der Waals surface area contributed by atoms with Gasteiger partial charge in [0.2, 0.25) is 0 Å². The van der Waals surface area contributed by atoms with Gasteiger partial charge >= 0.3 is 0 Å². The van der Waals surface area contributed by atoms with E-state index in [1.165, 1.54) is 0 Å². The van der Waals surface area contributed by atoms with E-state index < -0.39 is 0 Å². The molecule has 0 N–H and O–H groups in total. The molecule has 0 saturated carbocycles. The fourth-order valence-electron chi connectivity index (χ4n) is 1.88. The van der Waals surface area contributed by atoms with Crippen LogP contribution in [-0.2, 0) is 0 Å². The summed E-state index contributed by atoms with van der Waals surface area (Å²) in [7, 11) is 0. The van der Waals surface area contributed by atoms with E-state index >= 15 is 0 Å². The van der Waals surface area contributed by atoms with Crippen LogP contribution in [0.2, 0.25) is 0 Å². The van der Waals surface area contributed by atoms with Gasteiger partial charge in [-0.3, -0.25) is 0 Å². The molecule has 0 radical (unpaired) electrons. The SMILES string of the molecule is N#Cc1nc(-c2ccccc2)n(-c2ccccc2)n1. The van der Waals surface area contributed by atoms with Gasteiger partial charge in [-0.15, -0.1) is 5.10 Å². The molecule has 0 fully saturated rings. The Labute approximate surface area is 110 Å². The van der Waals surface area contributed by atoms with Gasteiger partial charge in [0.25, 0.3) is 5.82 Å². The van der Waals surface area contributed by atoms with Crippen molar-refractivity contribution in [3.05, 3.63) is 66.5 Å². The molecular weight excluding hydrogens is 236 g/mol. The van der Waals surface area contributed by atoms with Crippen molar-refractivity contribution >= 4 is 0 Å². The minimum absolute atomic E-state index is 0.169.